The van der Waals surface area contributed by atoms with E-state index >= 15 is 38.4 Å². The lowest BCUT2D eigenvalue weighted by Gasteiger charge is -2.45. The van der Waals surface area contributed by atoms with Crippen molar-refractivity contribution in [3.05, 3.63) is 63.9 Å². The van der Waals surface area contributed by atoms with Crippen molar-refractivity contribution >= 4 is 82.5 Å². The van der Waals surface area contributed by atoms with Crippen molar-refractivity contribution in [2.45, 2.75) is 267 Å². The first-order chi connectivity index (χ1) is 52.7. The topological polar surface area (TPSA) is 283 Å². The summed E-state index contributed by atoms with van der Waals surface area (Å²) >= 11 is 6.20. The molecule has 3 aliphatic carbocycles. The number of amides is 12. The molecular weight excluding hydrogens is 1480 g/mol. The SMILES string of the molecule is CC[C@H](C)[C@@H]1NC(=O)[C@H](CC(C)C)N(C)C(=O)C[C@@H](C(=O)N2CCCCC2)N(C)C(=O)[C@H](C2CCCCC2)N(C)C(=O)C2(CCCC2)NC(=O)[C@H](Cc2ccc(C(F)(F)F)nc2)N(C)C(=O)[C@H](CCc2ccc(C(F)(F)F)c(Cl)c2)NC(=O)CN(C)C(=O)[C@H](CC2CCCCC2)N(C)C(=O)[C@@H]2CCN2C(=O)[C@H](C)N(C)C1=O. The summed E-state index contributed by atoms with van der Waals surface area (Å²) in [6.45, 7) is 8.75. The van der Waals surface area contributed by atoms with E-state index in [1.54, 1.807) is 11.8 Å². The first kappa shape index (κ1) is 89.4. The van der Waals surface area contributed by atoms with Gasteiger partial charge in [0.25, 0.3) is 0 Å². The highest BCUT2D eigenvalue weighted by molar-refractivity contribution is 6.31. The number of hydrogen-bond acceptors (Lipinski definition) is 13. The van der Waals surface area contributed by atoms with Gasteiger partial charge in [-0.3, -0.25) is 62.5 Å². The fourth-order valence-electron chi connectivity index (χ4n) is 17.0. The van der Waals surface area contributed by atoms with Crippen molar-refractivity contribution in [1.82, 2.24) is 65.0 Å². The Morgan fingerprint density at radius 2 is 1.22 bits per heavy atom. The molecule has 2 aromatic rings. The molecule has 12 amide bonds. The molecule has 3 saturated heterocycles. The summed E-state index contributed by atoms with van der Waals surface area (Å²) in [5.41, 5.74) is -4.07. The quantitative estimate of drug-likeness (QED) is 0.159. The predicted octanol–water partition coefficient (Wildman–Crippen LogP) is 8.45. The minimum atomic E-state index is -4.89. The molecule has 6 aliphatic rings. The van der Waals surface area contributed by atoms with Crippen LogP contribution in [0.3, 0.4) is 0 Å². The molecule has 3 saturated carbocycles. The fraction of sp³-hybridized carbons (Fsp3) is 0.713. The van der Waals surface area contributed by atoms with Gasteiger partial charge in [-0.15, -0.1) is 0 Å². The van der Waals surface area contributed by atoms with Gasteiger partial charge < -0.3 is 60.0 Å². The lowest BCUT2D eigenvalue weighted by Crippen LogP contribution is -2.66. The number of pyridine rings is 1. The maximum atomic E-state index is 16.0. The maximum Gasteiger partial charge on any atom is 0.433 e. The molecule has 10 atom stereocenters. The number of carbonyl (C=O) groups excluding carboxylic acids is 12. The standard InChI is InChI=1S/C80H116ClF6N13O12/c1-13-49(4)66-75(110)93(7)50(5)70(105)100-40-35-58(100)73(108)96(10)61(43-51-25-17-14-18-26-51)72(107)92(6)47-64(101)89-57(33-30-52-29-32-55(56(81)42-52)79(82,83)84)71(106)95(9)60(44-53-31-34-63(88-46-53)80(85,86)87)69(104)91-78(36-21-22-37-78)77(112)98(12)67(54-27-19-15-20-28-54)76(111)97(11)62(74(109)99-38-23-16-24-39-99)45-65(102)94(8)59(41-48(2)3)68(103)90-66/h29,31-32,34,42,46,48-51,54,57-62,66-67H,13-28,30,33,35-41,43-45,47H2,1-12H3,(H,89,101)(H,90,103)(H,91,104)/t49-,50-,57-,58-,59-,60-,61-,62-,66-,67-/m0/s1. The second kappa shape index (κ2) is 38.8. The molecule has 112 heavy (non-hydrogen) atoms. The van der Waals surface area contributed by atoms with Crippen LogP contribution in [0.25, 0.3) is 0 Å². The monoisotopic (exact) mass is 1600 g/mol. The second-order valence-electron chi connectivity index (χ2n) is 32.7. The molecule has 25 nitrogen and oxygen atoms in total. The molecule has 3 N–H and O–H groups in total. The lowest BCUT2D eigenvalue weighted by molar-refractivity contribution is -0.160. The van der Waals surface area contributed by atoms with E-state index in [0.29, 0.717) is 76.9 Å². The number of nitrogens with one attached hydrogen (secondary N) is 3. The van der Waals surface area contributed by atoms with Gasteiger partial charge in [0.05, 0.1) is 23.6 Å². The molecule has 1 aromatic heterocycles. The third kappa shape index (κ3) is 21.6. The van der Waals surface area contributed by atoms with E-state index in [1.807, 2.05) is 20.8 Å². The Kier molecular flexibility index (Phi) is 31.0. The van der Waals surface area contributed by atoms with Crippen molar-refractivity contribution in [3.8, 4) is 0 Å². The zero-order valence-electron chi connectivity index (χ0n) is 67.0. The smallest absolute Gasteiger partial charge is 0.343 e. The van der Waals surface area contributed by atoms with E-state index in [2.05, 4.69) is 20.9 Å². The first-order valence-corrected chi connectivity index (χ1v) is 40.3. The van der Waals surface area contributed by atoms with Crippen molar-refractivity contribution in [2.75, 3.05) is 75.5 Å². The maximum absolute atomic E-state index is 16.0. The molecule has 0 bridgehead atoms. The van der Waals surface area contributed by atoms with Gasteiger partial charge >= 0.3 is 12.4 Å². The van der Waals surface area contributed by atoms with Gasteiger partial charge in [-0.25, -0.2) is 0 Å². The van der Waals surface area contributed by atoms with Gasteiger partial charge in [0.15, 0.2) is 0 Å². The lowest BCUT2D eigenvalue weighted by atomic mass is 9.81. The molecule has 3 aliphatic heterocycles. The largest absolute Gasteiger partial charge is 0.433 e. The van der Waals surface area contributed by atoms with Crippen LogP contribution in [-0.4, -0.2) is 255 Å². The highest BCUT2D eigenvalue weighted by atomic mass is 35.5. The van der Waals surface area contributed by atoms with E-state index in [9.17, 15) is 45.5 Å². The number of benzene rings is 1. The zero-order valence-corrected chi connectivity index (χ0v) is 67.7. The van der Waals surface area contributed by atoms with Crippen LogP contribution in [-0.2, 0) is 82.7 Å². The van der Waals surface area contributed by atoms with Crippen molar-refractivity contribution in [2.24, 2.45) is 23.7 Å². The molecule has 1 spiro atoms. The van der Waals surface area contributed by atoms with Gasteiger partial charge in [0.2, 0.25) is 70.9 Å². The van der Waals surface area contributed by atoms with Gasteiger partial charge in [0.1, 0.15) is 65.6 Å². The van der Waals surface area contributed by atoms with Crippen LogP contribution in [0.4, 0.5) is 26.3 Å². The number of piperidine rings is 1. The number of likely N-dealkylation sites (tertiary alicyclic amines) is 1. The molecule has 32 heteroatoms. The van der Waals surface area contributed by atoms with E-state index < -0.39 is 197 Å². The third-order valence-corrected chi connectivity index (χ3v) is 24.8. The molecule has 0 unspecified atom stereocenters. The third-order valence-electron chi connectivity index (χ3n) is 24.5. The number of aryl methyl sites for hydroxylation is 1. The minimum absolute atomic E-state index is 0.00536. The van der Waals surface area contributed by atoms with Gasteiger partial charge in [-0.1, -0.05) is 122 Å². The number of likely N-dealkylation sites (N-methyl/N-ethyl adjacent to an activating group) is 7. The van der Waals surface area contributed by atoms with Crippen molar-refractivity contribution in [1.29, 1.82) is 0 Å². The van der Waals surface area contributed by atoms with Crippen LogP contribution >= 0.6 is 11.6 Å². The molecule has 622 valence electrons. The summed E-state index contributed by atoms with van der Waals surface area (Å²) in [7, 11) is 9.60. The Morgan fingerprint density at radius 1 is 0.616 bits per heavy atom. The number of rotatable bonds is 13. The Bertz CT molecular complexity index is 3700. The van der Waals surface area contributed by atoms with Gasteiger partial charge in [-0.2, -0.15) is 26.3 Å². The Balaban J connectivity index is 1.25. The van der Waals surface area contributed by atoms with Crippen LogP contribution in [0.1, 0.15) is 205 Å². The summed E-state index contributed by atoms with van der Waals surface area (Å²) in [5.74, 6) is -10.2. The van der Waals surface area contributed by atoms with Crippen LogP contribution in [0.15, 0.2) is 36.5 Å². The average Bonchev–Trinajstić information content (AvgIpc) is 1.34. The van der Waals surface area contributed by atoms with E-state index in [1.165, 1.54) is 85.7 Å². The number of alkyl halides is 6. The van der Waals surface area contributed by atoms with E-state index in [0.717, 1.165) is 85.2 Å². The van der Waals surface area contributed by atoms with Crippen LogP contribution in [0.5, 0.6) is 0 Å². The van der Waals surface area contributed by atoms with Crippen LogP contribution < -0.4 is 16.0 Å². The number of halogens is 7. The van der Waals surface area contributed by atoms with Crippen molar-refractivity contribution < 1.29 is 83.9 Å². The molecule has 4 heterocycles. The summed E-state index contributed by atoms with van der Waals surface area (Å²) < 4.78 is 84.4. The number of nitrogens with zero attached hydrogens (tertiary/aromatic N) is 10. The van der Waals surface area contributed by atoms with E-state index in [4.69, 9.17) is 11.6 Å². The van der Waals surface area contributed by atoms with Gasteiger partial charge in [0, 0.05) is 81.6 Å². The summed E-state index contributed by atoms with van der Waals surface area (Å²) in [4.78, 5) is 199. The van der Waals surface area contributed by atoms with E-state index in [-0.39, 0.29) is 68.0 Å². The second-order valence-corrected chi connectivity index (χ2v) is 33.1. The first-order valence-electron chi connectivity index (χ1n) is 39.9. The minimum Gasteiger partial charge on any atom is -0.343 e. The average molecular weight is 1600 g/mol. The number of fused-ring (bicyclic) bond motifs is 1. The fourth-order valence-corrected chi connectivity index (χ4v) is 17.3. The zero-order chi connectivity index (χ0) is 82.6. The number of aromatic nitrogens is 1. The molecule has 6 fully saturated rings. The summed E-state index contributed by atoms with van der Waals surface area (Å²) in [6.07, 6.45) is 0.0219. The highest BCUT2D eigenvalue weighted by Gasteiger charge is 2.52. The normalized spacial score (nSPS) is 26.7. The molecule has 1 aromatic carbocycles. The molecule has 8 rings (SSSR count). The van der Waals surface area contributed by atoms with Crippen molar-refractivity contribution in [3.63, 3.8) is 0 Å². The Hall–Kier alpha value is -8.12. The molecular formula is C80H116ClF6N13O12. The number of hydrogen-bond donors (Lipinski definition) is 3. The summed E-state index contributed by atoms with van der Waals surface area (Å²) in [6, 6.07) is -7.60. The predicted molar refractivity (Wildman–Crippen MR) is 405 cm³/mol. The van der Waals surface area contributed by atoms with Crippen LogP contribution in [0.2, 0.25) is 5.02 Å². The Labute approximate surface area is 659 Å². The number of carbonyl (C=O) groups is 12. The van der Waals surface area contributed by atoms with Gasteiger partial charge in [-0.05, 0) is 137 Å². The van der Waals surface area contributed by atoms with Crippen LogP contribution in [0, 0.1) is 23.7 Å². The summed E-state index contributed by atoms with van der Waals surface area (Å²) in [5, 5.41) is 7.91. The Morgan fingerprint density at radius 3 is 1.79 bits per heavy atom. The highest BCUT2D eigenvalue weighted by Crippen LogP contribution is 2.39. The molecule has 0 radical (unpaired) electrons.